The molecule has 1 N–H and O–H groups in total. The van der Waals surface area contributed by atoms with Gasteiger partial charge >= 0.3 is 0 Å². The number of hydrogen-bond donors (Lipinski definition) is 1. The van der Waals surface area contributed by atoms with Crippen LogP contribution in [-0.4, -0.2) is 41.1 Å². The molecule has 0 amide bonds. The van der Waals surface area contributed by atoms with E-state index in [1.807, 2.05) is 42.1 Å². The number of rotatable bonds is 5. The lowest BCUT2D eigenvalue weighted by molar-refractivity contribution is 0.105. The zero-order valence-corrected chi connectivity index (χ0v) is 12.1. The molecule has 100 valence electrons. The van der Waals surface area contributed by atoms with Crippen molar-refractivity contribution >= 4 is 11.8 Å². The van der Waals surface area contributed by atoms with E-state index in [0.717, 1.165) is 17.4 Å². The van der Waals surface area contributed by atoms with Crippen molar-refractivity contribution in [1.82, 2.24) is 4.90 Å². The Kier molecular flexibility index (Phi) is 5.10. The normalized spacial score (nSPS) is 25.6. The molecule has 0 saturated heterocycles. The van der Waals surface area contributed by atoms with E-state index >= 15 is 0 Å². The van der Waals surface area contributed by atoms with Crippen LogP contribution >= 0.6 is 11.8 Å². The van der Waals surface area contributed by atoms with Gasteiger partial charge in [-0.15, -0.1) is 0 Å². The predicted molar refractivity (Wildman–Crippen MR) is 79.0 cm³/mol. The van der Waals surface area contributed by atoms with Crippen LogP contribution in [0.25, 0.3) is 0 Å². The predicted octanol–water partition coefficient (Wildman–Crippen LogP) is 2.94. The Morgan fingerprint density at radius 3 is 2.67 bits per heavy atom. The standard InChI is InChI=1S/C15H23NOS/c1-16(13-8-9-14(10-13)18-2)11-15(17)12-6-4-3-5-7-12/h3-7,13-15,17H,8-11H2,1-2H3. The van der Waals surface area contributed by atoms with Crippen LogP contribution in [0.1, 0.15) is 30.9 Å². The zero-order valence-electron chi connectivity index (χ0n) is 11.2. The molecule has 3 heteroatoms. The van der Waals surface area contributed by atoms with Crippen LogP contribution < -0.4 is 0 Å². The zero-order chi connectivity index (χ0) is 13.0. The molecule has 1 fully saturated rings. The first-order valence-electron chi connectivity index (χ1n) is 6.66. The minimum absolute atomic E-state index is 0.371. The van der Waals surface area contributed by atoms with E-state index in [1.54, 1.807) is 0 Å². The Morgan fingerprint density at radius 1 is 1.33 bits per heavy atom. The maximum atomic E-state index is 10.2. The van der Waals surface area contributed by atoms with Crippen molar-refractivity contribution in [2.75, 3.05) is 19.8 Å². The van der Waals surface area contributed by atoms with Crippen LogP contribution in [0.5, 0.6) is 0 Å². The fourth-order valence-electron chi connectivity index (χ4n) is 2.73. The van der Waals surface area contributed by atoms with Gasteiger partial charge in [-0.05, 0) is 38.1 Å². The lowest BCUT2D eigenvalue weighted by Gasteiger charge is -2.27. The van der Waals surface area contributed by atoms with Gasteiger partial charge < -0.3 is 10.0 Å². The number of aliphatic hydroxyl groups is 1. The highest BCUT2D eigenvalue weighted by Crippen LogP contribution is 2.31. The number of thioether (sulfide) groups is 1. The summed E-state index contributed by atoms with van der Waals surface area (Å²) in [6.07, 6.45) is 5.68. The summed E-state index contributed by atoms with van der Waals surface area (Å²) in [6, 6.07) is 10.6. The van der Waals surface area contributed by atoms with Crippen molar-refractivity contribution in [2.45, 2.75) is 36.7 Å². The van der Waals surface area contributed by atoms with Gasteiger partial charge in [0, 0.05) is 17.8 Å². The maximum absolute atomic E-state index is 10.2. The van der Waals surface area contributed by atoms with Crippen molar-refractivity contribution in [1.29, 1.82) is 0 Å². The molecule has 0 aromatic heterocycles. The van der Waals surface area contributed by atoms with E-state index in [4.69, 9.17) is 0 Å². The monoisotopic (exact) mass is 265 g/mol. The molecule has 0 aliphatic heterocycles. The first kappa shape index (κ1) is 13.9. The van der Waals surface area contributed by atoms with E-state index in [-0.39, 0.29) is 6.10 Å². The molecule has 1 aromatic rings. The molecule has 1 aliphatic carbocycles. The third kappa shape index (κ3) is 3.50. The number of nitrogens with zero attached hydrogens (tertiary/aromatic N) is 1. The van der Waals surface area contributed by atoms with Crippen LogP contribution in [0.4, 0.5) is 0 Å². The molecule has 0 radical (unpaired) electrons. The average Bonchev–Trinajstić information content (AvgIpc) is 2.88. The highest BCUT2D eigenvalue weighted by atomic mass is 32.2. The Balaban J connectivity index is 1.86. The van der Waals surface area contributed by atoms with E-state index in [1.165, 1.54) is 19.3 Å². The summed E-state index contributed by atoms with van der Waals surface area (Å²) in [5.41, 5.74) is 1.02. The third-order valence-electron chi connectivity index (χ3n) is 3.96. The molecule has 2 nitrogen and oxygen atoms in total. The van der Waals surface area contributed by atoms with Crippen molar-refractivity contribution < 1.29 is 5.11 Å². The first-order chi connectivity index (χ1) is 8.70. The van der Waals surface area contributed by atoms with E-state index in [9.17, 15) is 5.11 Å². The lowest BCUT2D eigenvalue weighted by Crippen LogP contribution is -2.33. The molecule has 2 rings (SSSR count). The van der Waals surface area contributed by atoms with Gasteiger partial charge in [-0.25, -0.2) is 0 Å². The van der Waals surface area contributed by atoms with Crippen LogP contribution in [0, 0.1) is 0 Å². The molecule has 0 bridgehead atoms. The van der Waals surface area contributed by atoms with Crippen molar-refractivity contribution in [3.8, 4) is 0 Å². The molecule has 3 unspecified atom stereocenters. The summed E-state index contributed by atoms with van der Waals surface area (Å²) in [7, 11) is 2.14. The van der Waals surface area contributed by atoms with Crippen LogP contribution in [0.3, 0.4) is 0 Å². The Hall–Kier alpha value is -0.510. The Morgan fingerprint density at radius 2 is 2.06 bits per heavy atom. The molecular weight excluding hydrogens is 242 g/mol. The summed E-state index contributed by atoms with van der Waals surface area (Å²) >= 11 is 1.98. The summed E-state index contributed by atoms with van der Waals surface area (Å²) in [6.45, 7) is 0.732. The summed E-state index contributed by atoms with van der Waals surface area (Å²) in [4.78, 5) is 2.33. The van der Waals surface area contributed by atoms with Crippen molar-refractivity contribution in [3.63, 3.8) is 0 Å². The average molecular weight is 265 g/mol. The molecule has 1 aromatic carbocycles. The topological polar surface area (TPSA) is 23.5 Å². The van der Waals surface area contributed by atoms with Gasteiger partial charge in [-0.1, -0.05) is 30.3 Å². The van der Waals surface area contributed by atoms with Gasteiger partial charge in [0.15, 0.2) is 0 Å². The van der Waals surface area contributed by atoms with E-state index < -0.39 is 0 Å². The van der Waals surface area contributed by atoms with Crippen LogP contribution in [-0.2, 0) is 0 Å². The first-order valence-corrected chi connectivity index (χ1v) is 7.95. The quantitative estimate of drug-likeness (QED) is 0.885. The summed E-state index contributed by atoms with van der Waals surface area (Å²) in [5, 5.41) is 11.0. The molecule has 1 aliphatic rings. The second-order valence-electron chi connectivity index (χ2n) is 5.19. The molecule has 0 heterocycles. The molecule has 0 spiro atoms. The van der Waals surface area contributed by atoms with Crippen molar-refractivity contribution in [2.24, 2.45) is 0 Å². The van der Waals surface area contributed by atoms with Gasteiger partial charge in [0.2, 0.25) is 0 Å². The SMILES string of the molecule is CSC1CCC(N(C)CC(O)c2ccccc2)C1. The minimum atomic E-state index is -0.371. The van der Waals surface area contributed by atoms with Gasteiger partial charge in [-0.3, -0.25) is 0 Å². The second-order valence-corrected chi connectivity index (χ2v) is 6.33. The van der Waals surface area contributed by atoms with Gasteiger partial charge in [0.05, 0.1) is 6.10 Å². The fraction of sp³-hybridized carbons (Fsp3) is 0.600. The molecular formula is C15H23NOS. The van der Waals surface area contributed by atoms with E-state index in [2.05, 4.69) is 18.2 Å². The van der Waals surface area contributed by atoms with Gasteiger partial charge in [0.1, 0.15) is 0 Å². The van der Waals surface area contributed by atoms with Gasteiger partial charge in [-0.2, -0.15) is 11.8 Å². The minimum Gasteiger partial charge on any atom is -0.387 e. The second kappa shape index (κ2) is 6.60. The lowest BCUT2D eigenvalue weighted by atomic mass is 10.1. The molecule has 1 saturated carbocycles. The molecule has 18 heavy (non-hydrogen) atoms. The number of hydrogen-bond acceptors (Lipinski definition) is 3. The highest BCUT2D eigenvalue weighted by Gasteiger charge is 2.27. The smallest absolute Gasteiger partial charge is 0.0916 e. The summed E-state index contributed by atoms with van der Waals surface area (Å²) in [5.74, 6) is 0. The van der Waals surface area contributed by atoms with Gasteiger partial charge in [0.25, 0.3) is 0 Å². The number of benzene rings is 1. The number of aliphatic hydroxyl groups excluding tert-OH is 1. The van der Waals surface area contributed by atoms with Crippen LogP contribution in [0.2, 0.25) is 0 Å². The van der Waals surface area contributed by atoms with Crippen LogP contribution in [0.15, 0.2) is 30.3 Å². The number of likely N-dealkylation sites (N-methyl/N-ethyl adjacent to an activating group) is 1. The Labute approximate surface area is 114 Å². The largest absolute Gasteiger partial charge is 0.387 e. The molecule has 3 atom stereocenters. The fourth-order valence-corrected chi connectivity index (χ4v) is 3.52. The summed E-state index contributed by atoms with van der Waals surface area (Å²) < 4.78 is 0. The van der Waals surface area contributed by atoms with E-state index in [0.29, 0.717) is 6.04 Å². The highest BCUT2D eigenvalue weighted by molar-refractivity contribution is 7.99. The third-order valence-corrected chi connectivity index (χ3v) is 5.05. The Bertz CT molecular complexity index is 357. The van der Waals surface area contributed by atoms with Crippen molar-refractivity contribution in [3.05, 3.63) is 35.9 Å². The maximum Gasteiger partial charge on any atom is 0.0916 e.